The number of hydrogen-bond acceptors (Lipinski definition) is 3. The average Bonchev–Trinajstić information content (AvgIpc) is 2.50. The Bertz CT molecular complexity index is 700. The van der Waals surface area contributed by atoms with Crippen molar-refractivity contribution >= 4 is 46.3 Å². The fourth-order valence-corrected chi connectivity index (χ4v) is 2.22. The number of carbonyl (C=O) groups excluding carboxylic acids is 1. The number of para-hydroxylation sites is 1. The number of amides is 2. The Morgan fingerprint density at radius 2 is 1.68 bits per heavy atom. The molecule has 0 aliphatic carbocycles. The minimum absolute atomic E-state index is 0.0493. The van der Waals surface area contributed by atoms with Gasteiger partial charge in [-0.05, 0) is 24.3 Å². The van der Waals surface area contributed by atoms with Gasteiger partial charge in [-0.15, -0.1) is 0 Å². The lowest BCUT2D eigenvalue weighted by molar-refractivity contribution is -0.384. The van der Waals surface area contributed by atoms with E-state index >= 15 is 0 Å². The smallest absolute Gasteiger partial charge is 0.305 e. The van der Waals surface area contributed by atoms with Crippen molar-refractivity contribution < 1.29 is 9.72 Å². The molecule has 114 valence electrons. The Kier molecular flexibility index (Phi) is 4.85. The molecule has 0 atom stereocenters. The van der Waals surface area contributed by atoms with E-state index in [1.165, 1.54) is 36.2 Å². The van der Waals surface area contributed by atoms with E-state index in [9.17, 15) is 14.9 Å². The summed E-state index contributed by atoms with van der Waals surface area (Å²) in [6.45, 7) is 0. The van der Waals surface area contributed by atoms with Crippen molar-refractivity contribution in [2.45, 2.75) is 0 Å². The van der Waals surface area contributed by atoms with E-state index in [4.69, 9.17) is 23.2 Å². The fraction of sp³-hybridized carbons (Fsp3) is 0.0714. The van der Waals surface area contributed by atoms with Gasteiger partial charge in [0.25, 0.3) is 5.69 Å². The minimum atomic E-state index is -0.507. The summed E-state index contributed by atoms with van der Waals surface area (Å²) in [5.41, 5.74) is 0.752. The third-order valence-corrected chi connectivity index (χ3v) is 3.58. The molecule has 0 heterocycles. The molecule has 0 bridgehead atoms. The van der Waals surface area contributed by atoms with Gasteiger partial charge in [-0.25, -0.2) is 4.79 Å². The molecule has 2 amide bonds. The third-order valence-electron chi connectivity index (χ3n) is 2.95. The second-order valence-electron chi connectivity index (χ2n) is 4.36. The van der Waals surface area contributed by atoms with Crippen LogP contribution in [0.25, 0.3) is 0 Å². The molecule has 0 fully saturated rings. The Morgan fingerprint density at radius 1 is 1.14 bits per heavy atom. The summed E-state index contributed by atoms with van der Waals surface area (Å²) in [6, 6.07) is 10.0. The van der Waals surface area contributed by atoms with Crippen LogP contribution in [0.1, 0.15) is 0 Å². The maximum atomic E-state index is 12.2. The molecular weight excluding hydrogens is 329 g/mol. The van der Waals surface area contributed by atoms with Gasteiger partial charge in [0.15, 0.2) is 0 Å². The van der Waals surface area contributed by atoms with Crippen molar-refractivity contribution in [3.05, 3.63) is 62.6 Å². The predicted octanol–water partition coefficient (Wildman–Crippen LogP) is 4.57. The van der Waals surface area contributed by atoms with Crippen LogP contribution in [0.4, 0.5) is 21.9 Å². The molecule has 0 saturated heterocycles. The summed E-state index contributed by atoms with van der Waals surface area (Å²) in [5.74, 6) is 0. The number of nitrogens with zero attached hydrogens (tertiary/aromatic N) is 2. The highest BCUT2D eigenvalue weighted by Crippen LogP contribution is 2.30. The van der Waals surface area contributed by atoms with Crippen LogP contribution in [-0.2, 0) is 0 Å². The van der Waals surface area contributed by atoms with E-state index < -0.39 is 11.0 Å². The number of carbonyl (C=O) groups is 1. The lowest BCUT2D eigenvalue weighted by atomic mass is 10.2. The molecule has 0 aromatic heterocycles. The normalized spacial score (nSPS) is 10.1. The number of hydrogen-bond donors (Lipinski definition) is 1. The number of nitro benzene ring substituents is 1. The SMILES string of the molecule is CN(C(=O)Nc1c(Cl)cccc1Cl)c1ccc([N+](=O)[O-])cc1. The number of urea groups is 1. The van der Waals surface area contributed by atoms with Crippen LogP contribution >= 0.6 is 23.2 Å². The number of nitrogens with one attached hydrogen (secondary N) is 1. The molecule has 2 aromatic carbocycles. The van der Waals surface area contributed by atoms with Crippen LogP contribution < -0.4 is 10.2 Å². The third kappa shape index (κ3) is 3.47. The standard InChI is InChI=1S/C14H11Cl2N3O3/c1-18(9-5-7-10(8-6-9)19(21)22)14(20)17-13-11(15)3-2-4-12(13)16/h2-8H,1H3,(H,17,20). The molecule has 6 nitrogen and oxygen atoms in total. The molecule has 2 aromatic rings. The van der Waals surface area contributed by atoms with Crippen molar-refractivity contribution in [3.63, 3.8) is 0 Å². The van der Waals surface area contributed by atoms with E-state index in [0.29, 0.717) is 21.4 Å². The van der Waals surface area contributed by atoms with Gasteiger partial charge in [0.1, 0.15) is 0 Å². The second-order valence-corrected chi connectivity index (χ2v) is 5.17. The van der Waals surface area contributed by atoms with E-state index in [1.54, 1.807) is 18.2 Å². The first-order chi connectivity index (χ1) is 10.4. The van der Waals surface area contributed by atoms with Gasteiger partial charge in [0.2, 0.25) is 0 Å². The number of nitro groups is 1. The number of non-ortho nitro benzene ring substituents is 1. The Labute approximate surface area is 136 Å². The van der Waals surface area contributed by atoms with Crippen molar-refractivity contribution in [2.75, 3.05) is 17.3 Å². The molecule has 1 N–H and O–H groups in total. The first-order valence-electron chi connectivity index (χ1n) is 6.13. The van der Waals surface area contributed by atoms with Crippen molar-refractivity contribution in [2.24, 2.45) is 0 Å². The van der Waals surface area contributed by atoms with Crippen molar-refractivity contribution in [1.82, 2.24) is 0 Å². The van der Waals surface area contributed by atoms with Gasteiger partial charge in [0, 0.05) is 24.9 Å². The highest BCUT2D eigenvalue weighted by atomic mass is 35.5. The zero-order valence-electron chi connectivity index (χ0n) is 11.4. The zero-order valence-corrected chi connectivity index (χ0v) is 12.9. The van der Waals surface area contributed by atoms with Crippen molar-refractivity contribution in [3.8, 4) is 0 Å². The van der Waals surface area contributed by atoms with E-state index in [-0.39, 0.29) is 5.69 Å². The van der Waals surface area contributed by atoms with Gasteiger partial charge in [-0.3, -0.25) is 15.0 Å². The lowest BCUT2D eigenvalue weighted by Gasteiger charge is -2.19. The van der Waals surface area contributed by atoms with E-state index in [1.807, 2.05) is 0 Å². The number of benzene rings is 2. The maximum absolute atomic E-state index is 12.2. The van der Waals surface area contributed by atoms with Crippen LogP contribution in [-0.4, -0.2) is 18.0 Å². The second kappa shape index (κ2) is 6.64. The van der Waals surface area contributed by atoms with Gasteiger partial charge < -0.3 is 5.32 Å². The van der Waals surface area contributed by atoms with Crippen LogP contribution in [0, 0.1) is 10.1 Å². The molecule has 0 aliphatic heterocycles. The first-order valence-corrected chi connectivity index (χ1v) is 6.89. The summed E-state index contributed by atoms with van der Waals surface area (Å²) >= 11 is 12.0. The minimum Gasteiger partial charge on any atom is -0.305 e. The molecule has 0 spiro atoms. The summed E-state index contributed by atoms with van der Waals surface area (Å²) in [5, 5.41) is 13.9. The van der Waals surface area contributed by atoms with Gasteiger partial charge in [0.05, 0.1) is 20.7 Å². The van der Waals surface area contributed by atoms with Gasteiger partial charge >= 0.3 is 6.03 Å². The molecular formula is C14H11Cl2N3O3. The largest absolute Gasteiger partial charge is 0.326 e. The van der Waals surface area contributed by atoms with Crippen LogP contribution in [0.5, 0.6) is 0 Å². The summed E-state index contributed by atoms with van der Waals surface area (Å²) in [6.07, 6.45) is 0. The molecule has 0 unspecified atom stereocenters. The predicted molar refractivity (Wildman–Crippen MR) is 87.0 cm³/mol. The van der Waals surface area contributed by atoms with E-state index in [0.717, 1.165) is 0 Å². The topological polar surface area (TPSA) is 75.5 Å². The first kappa shape index (κ1) is 16.1. The summed E-state index contributed by atoms with van der Waals surface area (Å²) in [7, 11) is 1.53. The monoisotopic (exact) mass is 339 g/mol. The quantitative estimate of drug-likeness (QED) is 0.657. The molecule has 22 heavy (non-hydrogen) atoms. The highest BCUT2D eigenvalue weighted by Gasteiger charge is 2.15. The van der Waals surface area contributed by atoms with Crippen molar-refractivity contribution in [1.29, 1.82) is 0 Å². The number of rotatable bonds is 3. The lowest BCUT2D eigenvalue weighted by Crippen LogP contribution is -2.31. The zero-order chi connectivity index (χ0) is 16.3. The summed E-state index contributed by atoms with van der Waals surface area (Å²) in [4.78, 5) is 23.6. The summed E-state index contributed by atoms with van der Waals surface area (Å²) < 4.78 is 0. The Balaban J connectivity index is 2.17. The van der Waals surface area contributed by atoms with Crippen LogP contribution in [0.15, 0.2) is 42.5 Å². The van der Waals surface area contributed by atoms with Gasteiger partial charge in [-0.1, -0.05) is 29.3 Å². The van der Waals surface area contributed by atoms with Gasteiger partial charge in [-0.2, -0.15) is 0 Å². The molecule has 0 aliphatic rings. The molecule has 8 heteroatoms. The molecule has 2 rings (SSSR count). The molecule has 0 radical (unpaired) electrons. The Hall–Kier alpha value is -2.31. The maximum Gasteiger partial charge on any atom is 0.326 e. The average molecular weight is 340 g/mol. The fourth-order valence-electron chi connectivity index (χ4n) is 1.72. The number of anilines is 2. The van der Waals surface area contributed by atoms with Crippen LogP contribution in [0.2, 0.25) is 10.0 Å². The van der Waals surface area contributed by atoms with E-state index in [2.05, 4.69) is 5.32 Å². The molecule has 0 saturated carbocycles. The number of halogens is 2. The Morgan fingerprint density at radius 3 is 2.18 bits per heavy atom. The van der Waals surface area contributed by atoms with Crippen LogP contribution in [0.3, 0.4) is 0 Å². The highest BCUT2D eigenvalue weighted by molar-refractivity contribution is 6.39.